The van der Waals surface area contributed by atoms with Crippen molar-refractivity contribution in [1.29, 1.82) is 0 Å². The minimum absolute atomic E-state index is 0.0192. The highest BCUT2D eigenvalue weighted by Crippen LogP contribution is 2.43. The van der Waals surface area contributed by atoms with Gasteiger partial charge in [-0.2, -0.15) is 0 Å². The van der Waals surface area contributed by atoms with Gasteiger partial charge in [0.05, 0.1) is 25.7 Å². The number of fused-ring (bicyclic) bond motifs is 1. The van der Waals surface area contributed by atoms with Crippen LogP contribution >= 0.6 is 0 Å². The summed E-state index contributed by atoms with van der Waals surface area (Å²) in [4.78, 5) is 29.9. The summed E-state index contributed by atoms with van der Waals surface area (Å²) in [6, 6.07) is 5.30. The van der Waals surface area contributed by atoms with E-state index >= 15 is 0 Å². The second kappa shape index (κ2) is 12.7. The number of rotatable bonds is 13. The van der Waals surface area contributed by atoms with E-state index in [0.29, 0.717) is 63.7 Å². The van der Waals surface area contributed by atoms with Crippen molar-refractivity contribution in [2.75, 3.05) is 52.7 Å². The quantitative estimate of drug-likeness (QED) is 0.414. The average molecular weight is 506 g/mol. The summed E-state index contributed by atoms with van der Waals surface area (Å²) >= 11 is 0. The normalized spacial score (nSPS) is 23.9. The number of unbranched alkanes of at least 4 members (excludes halogenated alkanes) is 1. The van der Waals surface area contributed by atoms with E-state index in [1.165, 1.54) is 0 Å². The first-order chi connectivity index (χ1) is 17.5. The van der Waals surface area contributed by atoms with Crippen LogP contribution in [0.5, 0.6) is 11.5 Å². The van der Waals surface area contributed by atoms with Crippen molar-refractivity contribution in [2.45, 2.75) is 57.3 Å². The average Bonchev–Trinajstić information content (AvgIpc) is 3.62. The van der Waals surface area contributed by atoms with Gasteiger partial charge in [-0.05, 0) is 49.9 Å². The van der Waals surface area contributed by atoms with Gasteiger partial charge in [-0.3, -0.25) is 14.5 Å². The van der Waals surface area contributed by atoms with E-state index in [-0.39, 0.29) is 37.5 Å². The number of carboxylic acids is 1. The van der Waals surface area contributed by atoms with Crippen molar-refractivity contribution in [3.63, 3.8) is 0 Å². The van der Waals surface area contributed by atoms with Crippen LogP contribution in [-0.4, -0.2) is 91.8 Å². The summed E-state index contributed by atoms with van der Waals surface area (Å²) in [5.41, 5.74) is 6.59. The number of nitrogens with zero attached hydrogens (tertiary/aromatic N) is 2. The Morgan fingerprint density at radius 1 is 1.11 bits per heavy atom. The van der Waals surface area contributed by atoms with E-state index in [4.69, 9.17) is 24.7 Å². The number of ether oxygens (including phenoxy) is 4. The summed E-state index contributed by atoms with van der Waals surface area (Å²) in [7, 11) is 0. The summed E-state index contributed by atoms with van der Waals surface area (Å²) in [5.74, 6) is -0.513. The van der Waals surface area contributed by atoms with Crippen LogP contribution in [0.25, 0.3) is 0 Å². The van der Waals surface area contributed by atoms with Crippen molar-refractivity contribution in [3.8, 4) is 11.5 Å². The molecule has 3 N–H and O–H groups in total. The highest BCUT2D eigenvalue weighted by molar-refractivity contribution is 5.79. The first-order valence-corrected chi connectivity index (χ1v) is 13.1. The van der Waals surface area contributed by atoms with Crippen LogP contribution in [0.15, 0.2) is 18.2 Å². The second-order valence-corrected chi connectivity index (χ2v) is 9.71. The molecule has 1 aromatic carbocycles. The Kier molecular flexibility index (Phi) is 9.41. The number of nitrogens with two attached hydrogens (primary N) is 1. The zero-order chi connectivity index (χ0) is 25.5. The van der Waals surface area contributed by atoms with Crippen LogP contribution in [-0.2, 0) is 19.1 Å². The third kappa shape index (κ3) is 6.29. The van der Waals surface area contributed by atoms with Crippen molar-refractivity contribution >= 4 is 11.9 Å². The van der Waals surface area contributed by atoms with E-state index in [9.17, 15) is 14.7 Å². The lowest BCUT2D eigenvalue weighted by Crippen LogP contribution is -2.45. The van der Waals surface area contributed by atoms with Crippen molar-refractivity contribution in [2.24, 2.45) is 11.7 Å². The minimum atomic E-state index is -0.864. The molecule has 0 bridgehead atoms. The summed E-state index contributed by atoms with van der Waals surface area (Å²) in [6.45, 7) is 5.83. The maximum absolute atomic E-state index is 13.4. The lowest BCUT2D eigenvalue weighted by atomic mass is 9.83. The van der Waals surface area contributed by atoms with Gasteiger partial charge in [0.15, 0.2) is 17.8 Å². The SMILES string of the molecule is CCCCN(CCCN)C(=O)CN1C[C@H](c2ccc3c(c2)OCO3)[C@@H](C(=O)O)[C@@H]1CCC1OCCO1. The van der Waals surface area contributed by atoms with E-state index in [2.05, 4.69) is 6.92 Å². The molecule has 0 unspecified atom stereocenters. The molecule has 0 aromatic heterocycles. The fourth-order valence-corrected chi connectivity index (χ4v) is 5.48. The van der Waals surface area contributed by atoms with Crippen molar-refractivity contribution < 1.29 is 33.6 Å². The molecule has 0 radical (unpaired) electrons. The molecule has 3 heterocycles. The molecule has 2 fully saturated rings. The van der Waals surface area contributed by atoms with Crippen LogP contribution in [0.3, 0.4) is 0 Å². The number of carbonyl (C=O) groups is 2. The van der Waals surface area contributed by atoms with Crippen molar-refractivity contribution in [3.05, 3.63) is 23.8 Å². The molecule has 36 heavy (non-hydrogen) atoms. The smallest absolute Gasteiger partial charge is 0.308 e. The van der Waals surface area contributed by atoms with E-state index in [1.54, 1.807) is 0 Å². The summed E-state index contributed by atoms with van der Waals surface area (Å²) in [5, 5.41) is 10.3. The molecule has 10 nitrogen and oxygen atoms in total. The lowest BCUT2D eigenvalue weighted by molar-refractivity contribution is -0.144. The molecule has 200 valence electrons. The molecule has 0 spiro atoms. The molecule has 2 saturated heterocycles. The molecule has 0 saturated carbocycles. The maximum Gasteiger partial charge on any atom is 0.308 e. The number of aliphatic carboxylic acids is 1. The number of hydrogen-bond acceptors (Lipinski definition) is 8. The second-order valence-electron chi connectivity index (χ2n) is 9.71. The van der Waals surface area contributed by atoms with Gasteiger partial charge in [-0.1, -0.05) is 19.4 Å². The molecule has 10 heteroatoms. The highest BCUT2D eigenvalue weighted by Gasteiger charge is 2.47. The first-order valence-electron chi connectivity index (χ1n) is 13.1. The molecule has 3 aliphatic rings. The van der Waals surface area contributed by atoms with Gasteiger partial charge in [0.25, 0.3) is 0 Å². The van der Waals surface area contributed by atoms with Crippen LogP contribution in [0, 0.1) is 5.92 Å². The Hall–Kier alpha value is -2.40. The van der Waals surface area contributed by atoms with Gasteiger partial charge in [0.1, 0.15) is 0 Å². The topological polar surface area (TPSA) is 124 Å². The van der Waals surface area contributed by atoms with E-state index < -0.39 is 11.9 Å². The Morgan fingerprint density at radius 2 is 1.86 bits per heavy atom. The van der Waals surface area contributed by atoms with Gasteiger partial charge < -0.3 is 34.7 Å². The third-order valence-corrected chi connectivity index (χ3v) is 7.35. The fraction of sp³-hybridized carbons (Fsp3) is 0.692. The molecule has 0 aliphatic carbocycles. The predicted octanol–water partition coefficient (Wildman–Crippen LogP) is 2.01. The number of carboxylic acid groups (broad SMARTS) is 1. The lowest BCUT2D eigenvalue weighted by Gasteiger charge is -2.30. The van der Waals surface area contributed by atoms with Gasteiger partial charge in [0, 0.05) is 31.6 Å². The highest BCUT2D eigenvalue weighted by atomic mass is 16.7. The van der Waals surface area contributed by atoms with E-state index in [0.717, 1.165) is 24.8 Å². The molecule has 3 atom stereocenters. The van der Waals surface area contributed by atoms with E-state index in [1.807, 2.05) is 28.0 Å². The van der Waals surface area contributed by atoms with Crippen LogP contribution in [0.2, 0.25) is 0 Å². The molecular formula is C26H39N3O7. The zero-order valence-electron chi connectivity index (χ0n) is 21.1. The van der Waals surface area contributed by atoms with Crippen LogP contribution in [0.1, 0.15) is 50.5 Å². The number of benzene rings is 1. The molecule has 1 amide bonds. The number of carbonyl (C=O) groups excluding carboxylic acids is 1. The van der Waals surface area contributed by atoms with Gasteiger partial charge in [0.2, 0.25) is 12.7 Å². The third-order valence-electron chi connectivity index (χ3n) is 7.35. The standard InChI is InChI=1S/C26H39N3O7/c1-2-3-10-28(11-4-9-27)23(30)16-29-15-19(18-5-7-21-22(14-18)36-17-35-21)25(26(31)32)20(29)6-8-24-33-12-13-34-24/h5,7,14,19-20,24-25H,2-4,6,8-13,15-17,27H2,1H3,(H,31,32)/t19-,20+,25-/m1/s1. The minimum Gasteiger partial charge on any atom is -0.481 e. The number of likely N-dealkylation sites (tertiary alicyclic amines) is 1. The van der Waals surface area contributed by atoms with Gasteiger partial charge >= 0.3 is 5.97 Å². The number of hydrogen-bond donors (Lipinski definition) is 2. The van der Waals surface area contributed by atoms with Crippen LogP contribution in [0.4, 0.5) is 0 Å². The van der Waals surface area contributed by atoms with Gasteiger partial charge in [-0.25, -0.2) is 0 Å². The Bertz CT molecular complexity index is 884. The molecule has 3 aliphatic heterocycles. The van der Waals surface area contributed by atoms with Gasteiger partial charge in [-0.15, -0.1) is 0 Å². The monoisotopic (exact) mass is 505 g/mol. The maximum atomic E-state index is 13.4. The largest absolute Gasteiger partial charge is 0.481 e. The zero-order valence-corrected chi connectivity index (χ0v) is 21.1. The summed E-state index contributed by atoms with van der Waals surface area (Å²) < 4.78 is 22.2. The first kappa shape index (κ1) is 26.7. The number of amides is 1. The van der Waals surface area contributed by atoms with Crippen molar-refractivity contribution in [1.82, 2.24) is 9.80 Å². The molecular weight excluding hydrogens is 466 g/mol. The fourth-order valence-electron chi connectivity index (χ4n) is 5.48. The Morgan fingerprint density at radius 3 is 2.58 bits per heavy atom. The Labute approximate surface area is 212 Å². The molecule has 1 aromatic rings. The summed E-state index contributed by atoms with van der Waals surface area (Å²) in [6.07, 6.45) is 3.48. The predicted molar refractivity (Wildman–Crippen MR) is 132 cm³/mol. The Balaban J connectivity index is 1.55. The molecule has 4 rings (SSSR count). The van der Waals surface area contributed by atoms with Crippen LogP contribution < -0.4 is 15.2 Å².